The number of rotatable bonds is 3. The van der Waals surface area contributed by atoms with Gasteiger partial charge in [-0.1, -0.05) is 36.9 Å². The molecular weight excluding hydrogens is 214 g/mol. The molecule has 0 aromatic carbocycles. The fraction of sp³-hybridized carbons (Fsp3) is 0.778. The predicted molar refractivity (Wildman–Crippen MR) is 62.3 cm³/mol. The van der Waals surface area contributed by atoms with Gasteiger partial charge in [-0.05, 0) is 12.8 Å². The summed E-state index contributed by atoms with van der Waals surface area (Å²) in [6.45, 7) is 6.67. The monoisotopic (exact) mass is 229 g/mol. The summed E-state index contributed by atoms with van der Waals surface area (Å²) in [5.41, 5.74) is 0. The van der Waals surface area contributed by atoms with Crippen LogP contribution in [0.3, 0.4) is 0 Å². The van der Waals surface area contributed by atoms with Crippen molar-refractivity contribution in [3.63, 3.8) is 0 Å². The highest BCUT2D eigenvalue weighted by molar-refractivity contribution is 8.01. The molecule has 1 aromatic heterocycles. The molecule has 0 N–H and O–H groups in total. The maximum atomic E-state index is 4.22. The van der Waals surface area contributed by atoms with Crippen LogP contribution < -0.4 is 4.90 Å². The average molecular weight is 229 g/mol. The molecule has 0 amide bonds. The second-order valence-corrected chi connectivity index (χ2v) is 6.49. The van der Waals surface area contributed by atoms with Crippen LogP contribution in [-0.4, -0.2) is 28.5 Å². The third-order valence-electron chi connectivity index (χ3n) is 2.11. The molecule has 1 aromatic rings. The van der Waals surface area contributed by atoms with E-state index < -0.39 is 0 Å². The van der Waals surface area contributed by atoms with E-state index in [1.807, 2.05) is 0 Å². The van der Waals surface area contributed by atoms with Crippen molar-refractivity contribution in [1.82, 2.24) is 10.2 Å². The Bertz CT molecular complexity index is 292. The fourth-order valence-corrected chi connectivity index (χ4v) is 3.60. The third kappa shape index (κ3) is 2.39. The van der Waals surface area contributed by atoms with Gasteiger partial charge in [0.15, 0.2) is 4.34 Å². The van der Waals surface area contributed by atoms with Gasteiger partial charge >= 0.3 is 0 Å². The summed E-state index contributed by atoms with van der Waals surface area (Å²) in [6, 6.07) is 0. The summed E-state index contributed by atoms with van der Waals surface area (Å²) in [4.78, 5) is 2.34. The first-order chi connectivity index (χ1) is 6.75. The van der Waals surface area contributed by atoms with E-state index in [4.69, 9.17) is 0 Å². The van der Waals surface area contributed by atoms with Crippen LogP contribution in [0, 0.1) is 0 Å². The van der Waals surface area contributed by atoms with Crippen LogP contribution in [0.15, 0.2) is 4.34 Å². The van der Waals surface area contributed by atoms with Gasteiger partial charge in [-0.15, -0.1) is 10.2 Å². The van der Waals surface area contributed by atoms with Gasteiger partial charge in [0.05, 0.1) is 0 Å². The van der Waals surface area contributed by atoms with Crippen LogP contribution >= 0.6 is 23.1 Å². The second kappa shape index (κ2) is 4.49. The molecule has 5 heteroatoms. The fourth-order valence-electron chi connectivity index (χ4n) is 1.49. The first-order valence-corrected chi connectivity index (χ1v) is 6.70. The van der Waals surface area contributed by atoms with Crippen LogP contribution in [0.2, 0.25) is 0 Å². The molecule has 1 saturated heterocycles. The number of thioether (sulfide) groups is 1. The maximum Gasteiger partial charge on any atom is 0.209 e. The number of anilines is 1. The molecule has 0 radical (unpaired) electrons. The second-order valence-electron chi connectivity index (χ2n) is 3.71. The van der Waals surface area contributed by atoms with Crippen molar-refractivity contribution in [2.24, 2.45) is 0 Å². The number of hydrogen-bond acceptors (Lipinski definition) is 5. The van der Waals surface area contributed by atoms with E-state index >= 15 is 0 Å². The van der Waals surface area contributed by atoms with Crippen LogP contribution in [0.5, 0.6) is 0 Å². The Morgan fingerprint density at radius 3 is 2.64 bits per heavy atom. The topological polar surface area (TPSA) is 29.0 Å². The van der Waals surface area contributed by atoms with E-state index in [1.165, 1.54) is 12.8 Å². The summed E-state index contributed by atoms with van der Waals surface area (Å²) in [5, 5.41) is 10.1. The van der Waals surface area contributed by atoms with E-state index in [0.717, 1.165) is 22.6 Å². The zero-order valence-corrected chi connectivity index (χ0v) is 10.2. The van der Waals surface area contributed by atoms with Crippen molar-refractivity contribution in [2.75, 3.05) is 18.0 Å². The van der Waals surface area contributed by atoms with Gasteiger partial charge < -0.3 is 4.90 Å². The van der Waals surface area contributed by atoms with Gasteiger partial charge in [0.2, 0.25) is 5.13 Å². The van der Waals surface area contributed by atoms with E-state index in [-0.39, 0.29) is 0 Å². The quantitative estimate of drug-likeness (QED) is 0.745. The standard InChI is InChI=1S/C9H15N3S2/c1-7(2)13-9-11-10-8(14-9)12-5-3-4-6-12/h7H,3-6H2,1-2H3. The van der Waals surface area contributed by atoms with Crippen LogP contribution in [-0.2, 0) is 0 Å². The smallest absolute Gasteiger partial charge is 0.209 e. The predicted octanol–water partition coefficient (Wildman–Crippen LogP) is 2.64. The minimum Gasteiger partial charge on any atom is -0.347 e. The molecule has 1 fully saturated rings. The molecule has 1 aliphatic heterocycles. The molecule has 78 valence electrons. The number of hydrogen-bond donors (Lipinski definition) is 0. The molecule has 14 heavy (non-hydrogen) atoms. The summed E-state index contributed by atoms with van der Waals surface area (Å²) >= 11 is 3.52. The molecule has 0 spiro atoms. The van der Waals surface area contributed by atoms with Crippen molar-refractivity contribution in [3.05, 3.63) is 0 Å². The third-order valence-corrected chi connectivity index (χ3v) is 4.18. The molecule has 2 rings (SSSR count). The molecule has 0 saturated carbocycles. The summed E-state index contributed by atoms with van der Waals surface area (Å²) in [5.74, 6) is 0. The zero-order chi connectivity index (χ0) is 9.97. The van der Waals surface area contributed by atoms with Gasteiger partial charge in [-0.3, -0.25) is 0 Å². The molecule has 3 nitrogen and oxygen atoms in total. The number of nitrogens with zero attached hydrogens (tertiary/aromatic N) is 3. The lowest BCUT2D eigenvalue weighted by Crippen LogP contribution is -2.17. The lowest BCUT2D eigenvalue weighted by atomic mass is 10.4. The minimum absolute atomic E-state index is 0.592. The Kier molecular flexibility index (Phi) is 3.28. The van der Waals surface area contributed by atoms with Crippen molar-refractivity contribution in [3.8, 4) is 0 Å². The van der Waals surface area contributed by atoms with E-state index in [2.05, 4.69) is 28.9 Å². The van der Waals surface area contributed by atoms with Crippen molar-refractivity contribution < 1.29 is 0 Å². The molecule has 0 unspecified atom stereocenters. The highest BCUT2D eigenvalue weighted by atomic mass is 32.2. The number of aromatic nitrogens is 2. The van der Waals surface area contributed by atoms with Gasteiger partial charge in [0.1, 0.15) is 0 Å². The maximum absolute atomic E-state index is 4.22. The minimum atomic E-state index is 0.592. The Morgan fingerprint density at radius 2 is 2.00 bits per heavy atom. The van der Waals surface area contributed by atoms with E-state index in [1.54, 1.807) is 23.1 Å². The normalized spacial score (nSPS) is 16.9. The Balaban J connectivity index is 2.01. The van der Waals surface area contributed by atoms with E-state index in [9.17, 15) is 0 Å². The summed E-state index contributed by atoms with van der Waals surface area (Å²) in [6.07, 6.45) is 2.60. The molecule has 1 aliphatic rings. The average Bonchev–Trinajstić information content (AvgIpc) is 2.69. The SMILES string of the molecule is CC(C)Sc1nnc(N2CCCC2)s1. The Morgan fingerprint density at radius 1 is 1.29 bits per heavy atom. The first-order valence-electron chi connectivity index (χ1n) is 5.01. The van der Waals surface area contributed by atoms with Gasteiger partial charge in [0.25, 0.3) is 0 Å². The lowest BCUT2D eigenvalue weighted by Gasteiger charge is -2.10. The highest BCUT2D eigenvalue weighted by Crippen LogP contribution is 2.31. The Hall–Kier alpha value is -0.290. The van der Waals surface area contributed by atoms with Gasteiger partial charge in [-0.2, -0.15) is 0 Å². The lowest BCUT2D eigenvalue weighted by molar-refractivity contribution is 0.911. The summed E-state index contributed by atoms with van der Waals surface area (Å²) in [7, 11) is 0. The van der Waals surface area contributed by atoms with Crippen molar-refractivity contribution >= 4 is 28.2 Å². The van der Waals surface area contributed by atoms with Crippen molar-refractivity contribution in [1.29, 1.82) is 0 Å². The van der Waals surface area contributed by atoms with Gasteiger partial charge in [0, 0.05) is 18.3 Å². The molecule has 0 bridgehead atoms. The zero-order valence-electron chi connectivity index (χ0n) is 8.56. The molecule has 0 atom stereocenters. The van der Waals surface area contributed by atoms with Crippen LogP contribution in [0.4, 0.5) is 5.13 Å². The van der Waals surface area contributed by atoms with Crippen molar-refractivity contribution in [2.45, 2.75) is 36.3 Å². The highest BCUT2D eigenvalue weighted by Gasteiger charge is 2.16. The molecular formula is C9H15N3S2. The van der Waals surface area contributed by atoms with Crippen LogP contribution in [0.25, 0.3) is 0 Å². The van der Waals surface area contributed by atoms with Crippen LogP contribution in [0.1, 0.15) is 26.7 Å². The van der Waals surface area contributed by atoms with E-state index in [0.29, 0.717) is 5.25 Å². The summed E-state index contributed by atoms with van der Waals surface area (Å²) < 4.78 is 1.10. The largest absolute Gasteiger partial charge is 0.347 e. The Labute approximate surface area is 92.9 Å². The molecule has 2 heterocycles. The molecule has 0 aliphatic carbocycles. The first kappa shape index (κ1) is 10.2. The van der Waals surface area contributed by atoms with Gasteiger partial charge in [-0.25, -0.2) is 0 Å².